The van der Waals surface area contributed by atoms with E-state index in [1.54, 1.807) is 14.2 Å². The molecule has 0 saturated heterocycles. The topological polar surface area (TPSA) is 68.3 Å². The summed E-state index contributed by atoms with van der Waals surface area (Å²) in [4.78, 5) is 8.50. The number of benzene rings is 2. The van der Waals surface area contributed by atoms with Gasteiger partial charge in [0.1, 0.15) is 18.0 Å². The van der Waals surface area contributed by atoms with E-state index >= 15 is 0 Å². The summed E-state index contributed by atoms with van der Waals surface area (Å²) in [7, 11) is 3.25. The number of aromatic nitrogens is 2. The van der Waals surface area contributed by atoms with Gasteiger partial charge in [0.15, 0.2) is 11.5 Å². The quantitative estimate of drug-likeness (QED) is 0.683. The fourth-order valence-electron chi connectivity index (χ4n) is 2.37. The zero-order chi connectivity index (χ0) is 17.5. The second kappa shape index (κ2) is 8.01. The standard InChI is InChI=1S/C19H20N4O2/c1-24-16-9-8-14(10-17(16)25-2)12-20-18-11-19(22-13-21-18)23-15-6-4-3-5-7-15/h3-11,13H,12H2,1-2H3,(H2,20,21,22,23). The van der Waals surface area contributed by atoms with Crippen molar-refractivity contribution in [1.29, 1.82) is 0 Å². The van der Waals surface area contributed by atoms with E-state index in [9.17, 15) is 0 Å². The maximum Gasteiger partial charge on any atom is 0.161 e. The third kappa shape index (κ3) is 4.38. The first kappa shape index (κ1) is 16.6. The van der Waals surface area contributed by atoms with Gasteiger partial charge in [-0.3, -0.25) is 0 Å². The van der Waals surface area contributed by atoms with Crippen LogP contribution in [-0.4, -0.2) is 24.2 Å². The number of hydrogen-bond acceptors (Lipinski definition) is 6. The molecule has 0 fully saturated rings. The molecule has 0 aliphatic rings. The van der Waals surface area contributed by atoms with Gasteiger partial charge in [-0.1, -0.05) is 24.3 Å². The molecule has 2 N–H and O–H groups in total. The van der Waals surface area contributed by atoms with E-state index in [2.05, 4.69) is 20.6 Å². The lowest BCUT2D eigenvalue weighted by Crippen LogP contribution is -2.03. The minimum atomic E-state index is 0.613. The molecule has 25 heavy (non-hydrogen) atoms. The Morgan fingerprint density at radius 3 is 2.36 bits per heavy atom. The van der Waals surface area contributed by atoms with E-state index in [4.69, 9.17) is 9.47 Å². The molecule has 0 aliphatic heterocycles. The van der Waals surface area contributed by atoms with E-state index in [1.807, 2.05) is 54.6 Å². The minimum absolute atomic E-state index is 0.613. The Bertz CT molecular complexity index is 825. The van der Waals surface area contributed by atoms with Gasteiger partial charge in [0.05, 0.1) is 14.2 Å². The lowest BCUT2D eigenvalue weighted by molar-refractivity contribution is 0.354. The van der Waals surface area contributed by atoms with Crippen molar-refractivity contribution >= 4 is 17.3 Å². The van der Waals surface area contributed by atoms with Crippen molar-refractivity contribution in [2.45, 2.75) is 6.54 Å². The monoisotopic (exact) mass is 336 g/mol. The summed E-state index contributed by atoms with van der Waals surface area (Å²) < 4.78 is 10.6. The number of hydrogen-bond donors (Lipinski definition) is 2. The molecule has 0 unspecified atom stereocenters. The van der Waals surface area contributed by atoms with Crippen LogP contribution < -0.4 is 20.1 Å². The lowest BCUT2D eigenvalue weighted by Gasteiger charge is -2.11. The first-order chi connectivity index (χ1) is 12.3. The molecule has 0 amide bonds. The van der Waals surface area contributed by atoms with Crippen molar-refractivity contribution in [3.63, 3.8) is 0 Å². The van der Waals surface area contributed by atoms with Gasteiger partial charge in [-0.25, -0.2) is 9.97 Å². The van der Waals surface area contributed by atoms with Gasteiger partial charge in [-0.05, 0) is 29.8 Å². The Morgan fingerprint density at radius 1 is 0.840 bits per heavy atom. The van der Waals surface area contributed by atoms with Crippen molar-refractivity contribution < 1.29 is 9.47 Å². The number of anilines is 3. The number of para-hydroxylation sites is 1. The number of methoxy groups -OCH3 is 2. The summed E-state index contributed by atoms with van der Waals surface area (Å²) >= 11 is 0. The van der Waals surface area contributed by atoms with Crippen molar-refractivity contribution in [3.05, 3.63) is 66.5 Å². The van der Waals surface area contributed by atoms with Gasteiger partial charge in [0, 0.05) is 18.3 Å². The van der Waals surface area contributed by atoms with Gasteiger partial charge in [-0.15, -0.1) is 0 Å². The molecule has 0 atom stereocenters. The van der Waals surface area contributed by atoms with Crippen molar-refractivity contribution in [2.24, 2.45) is 0 Å². The predicted octanol–water partition coefficient (Wildman–Crippen LogP) is 3.85. The van der Waals surface area contributed by atoms with Crippen LogP contribution in [0.25, 0.3) is 0 Å². The zero-order valence-electron chi connectivity index (χ0n) is 14.2. The average Bonchev–Trinajstić information content (AvgIpc) is 2.67. The molecule has 0 spiro atoms. The number of nitrogens with one attached hydrogen (secondary N) is 2. The maximum absolute atomic E-state index is 5.33. The van der Waals surface area contributed by atoms with Crippen LogP contribution in [0.5, 0.6) is 11.5 Å². The summed E-state index contributed by atoms with van der Waals surface area (Å²) in [5, 5.41) is 6.54. The summed E-state index contributed by atoms with van der Waals surface area (Å²) in [6.07, 6.45) is 1.53. The van der Waals surface area contributed by atoms with Crippen LogP contribution in [-0.2, 0) is 6.54 Å². The van der Waals surface area contributed by atoms with E-state index < -0.39 is 0 Å². The highest BCUT2D eigenvalue weighted by molar-refractivity contribution is 5.58. The molecular weight excluding hydrogens is 316 g/mol. The van der Waals surface area contributed by atoms with Crippen LogP contribution in [0, 0.1) is 0 Å². The van der Waals surface area contributed by atoms with Gasteiger partial charge in [0.25, 0.3) is 0 Å². The summed E-state index contributed by atoms with van der Waals surface area (Å²) in [5.74, 6) is 2.89. The van der Waals surface area contributed by atoms with Crippen LogP contribution in [0.4, 0.5) is 17.3 Å². The Hall–Kier alpha value is -3.28. The summed E-state index contributed by atoms with van der Waals surface area (Å²) in [5.41, 5.74) is 2.04. The van der Waals surface area contributed by atoms with Crippen LogP contribution in [0.2, 0.25) is 0 Å². The van der Waals surface area contributed by atoms with E-state index in [-0.39, 0.29) is 0 Å². The molecule has 1 heterocycles. The van der Waals surface area contributed by atoms with Gasteiger partial charge >= 0.3 is 0 Å². The molecular formula is C19H20N4O2. The molecule has 0 bridgehead atoms. The summed E-state index contributed by atoms with van der Waals surface area (Å²) in [6, 6.07) is 17.6. The first-order valence-electron chi connectivity index (χ1n) is 7.87. The number of rotatable bonds is 7. The van der Waals surface area contributed by atoms with Crippen molar-refractivity contribution in [2.75, 3.05) is 24.9 Å². The van der Waals surface area contributed by atoms with E-state index in [0.717, 1.165) is 22.9 Å². The first-order valence-corrected chi connectivity index (χ1v) is 7.87. The van der Waals surface area contributed by atoms with Gasteiger partial charge in [-0.2, -0.15) is 0 Å². The number of nitrogens with zero attached hydrogens (tertiary/aromatic N) is 2. The Kier molecular flexibility index (Phi) is 5.31. The van der Waals surface area contributed by atoms with Gasteiger partial charge in [0.2, 0.25) is 0 Å². The van der Waals surface area contributed by atoms with Gasteiger partial charge < -0.3 is 20.1 Å². The van der Waals surface area contributed by atoms with Crippen LogP contribution in [0.1, 0.15) is 5.56 Å². The Balaban J connectivity index is 1.66. The number of ether oxygens (including phenoxy) is 2. The fourth-order valence-corrected chi connectivity index (χ4v) is 2.37. The van der Waals surface area contributed by atoms with Crippen molar-refractivity contribution in [3.8, 4) is 11.5 Å². The largest absolute Gasteiger partial charge is 0.493 e. The molecule has 6 nitrogen and oxygen atoms in total. The molecule has 6 heteroatoms. The van der Waals surface area contributed by atoms with Crippen LogP contribution >= 0.6 is 0 Å². The summed E-state index contributed by atoms with van der Waals surface area (Å²) in [6.45, 7) is 0.613. The third-order valence-electron chi connectivity index (χ3n) is 3.63. The van der Waals surface area contributed by atoms with Crippen molar-refractivity contribution in [1.82, 2.24) is 9.97 Å². The molecule has 1 aromatic heterocycles. The minimum Gasteiger partial charge on any atom is -0.493 e. The fraction of sp³-hybridized carbons (Fsp3) is 0.158. The smallest absolute Gasteiger partial charge is 0.161 e. The highest BCUT2D eigenvalue weighted by Crippen LogP contribution is 2.27. The molecule has 128 valence electrons. The normalized spacial score (nSPS) is 10.2. The second-order valence-electron chi connectivity index (χ2n) is 5.32. The molecule has 0 radical (unpaired) electrons. The second-order valence-corrected chi connectivity index (χ2v) is 5.32. The maximum atomic E-state index is 5.33. The van der Waals surface area contributed by atoms with Crippen LogP contribution in [0.15, 0.2) is 60.9 Å². The lowest BCUT2D eigenvalue weighted by atomic mass is 10.2. The molecule has 0 aliphatic carbocycles. The highest BCUT2D eigenvalue weighted by atomic mass is 16.5. The van der Waals surface area contributed by atoms with E-state index in [1.165, 1.54) is 6.33 Å². The molecule has 3 aromatic rings. The Morgan fingerprint density at radius 2 is 1.60 bits per heavy atom. The molecule has 3 rings (SSSR count). The average molecular weight is 336 g/mol. The third-order valence-corrected chi connectivity index (χ3v) is 3.63. The molecule has 2 aromatic carbocycles. The zero-order valence-corrected chi connectivity index (χ0v) is 14.2. The van der Waals surface area contributed by atoms with E-state index in [0.29, 0.717) is 18.0 Å². The molecule has 0 saturated carbocycles. The van der Waals surface area contributed by atoms with Crippen LogP contribution in [0.3, 0.4) is 0 Å². The SMILES string of the molecule is COc1ccc(CNc2cc(Nc3ccccc3)ncn2)cc1OC. The predicted molar refractivity (Wildman–Crippen MR) is 98.6 cm³/mol. The Labute approximate surface area is 146 Å². The highest BCUT2D eigenvalue weighted by Gasteiger charge is 2.05.